The summed E-state index contributed by atoms with van der Waals surface area (Å²) in [5.74, 6) is -1.12. The number of aromatic nitrogens is 2. The molecule has 0 bridgehead atoms. The van der Waals surface area contributed by atoms with Gasteiger partial charge in [0.15, 0.2) is 11.5 Å². The summed E-state index contributed by atoms with van der Waals surface area (Å²) in [5.41, 5.74) is -0.143. The van der Waals surface area contributed by atoms with Gasteiger partial charge in [-0.15, -0.1) is 0 Å². The minimum Gasteiger partial charge on any atom is -0.493 e. The highest BCUT2D eigenvalue weighted by molar-refractivity contribution is 6.03. The van der Waals surface area contributed by atoms with Crippen LogP contribution in [0.5, 0.6) is 11.5 Å². The van der Waals surface area contributed by atoms with Gasteiger partial charge < -0.3 is 23.9 Å². The second-order valence-corrected chi connectivity index (χ2v) is 6.75. The predicted molar refractivity (Wildman–Crippen MR) is 110 cm³/mol. The van der Waals surface area contributed by atoms with Crippen LogP contribution in [-0.4, -0.2) is 41.8 Å². The highest BCUT2D eigenvalue weighted by atomic mass is 19.3. The van der Waals surface area contributed by atoms with Gasteiger partial charge in [-0.2, -0.15) is 8.78 Å². The summed E-state index contributed by atoms with van der Waals surface area (Å²) in [5, 5.41) is 2.54. The van der Waals surface area contributed by atoms with E-state index >= 15 is 0 Å². The monoisotopic (exact) mass is 465 g/mol. The first-order chi connectivity index (χ1) is 15.7. The molecule has 0 spiro atoms. The molecule has 1 N–H and O–H groups in total. The average molecular weight is 465 g/mol. The SMILES string of the molecule is CCOC(=O)c1c(C)oc2ncn(CC(=O)NCc3ccc(OC(F)F)c(OC)c3)c(=O)c12. The molecule has 0 radical (unpaired) electrons. The molecular weight excluding hydrogens is 444 g/mol. The Morgan fingerprint density at radius 3 is 2.70 bits per heavy atom. The number of ether oxygens (including phenoxy) is 3. The number of methoxy groups -OCH3 is 1. The molecule has 1 aromatic carbocycles. The largest absolute Gasteiger partial charge is 0.493 e. The molecule has 3 aromatic rings. The number of aryl methyl sites for hydroxylation is 1. The molecule has 176 valence electrons. The highest BCUT2D eigenvalue weighted by Gasteiger charge is 2.24. The minimum atomic E-state index is -3.00. The van der Waals surface area contributed by atoms with Crippen LogP contribution >= 0.6 is 0 Å². The van der Waals surface area contributed by atoms with Gasteiger partial charge in [0.1, 0.15) is 29.6 Å². The maximum absolute atomic E-state index is 12.9. The van der Waals surface area contributed by atoms with Crippen LogP contribution in [-0.2, 0) is 22.6 Å². The number of nitrogens with zero attached hydrogens (tertiary/aromatic N) is 2. The summed E-state index contributed by atoms with van der Waals surface area (Å²) in [7, 11) is 1.30. The molecule has 0 saturated carbocycles. The van der Waals surface area contributed by atoms with E-state index in [2.05, 4.69) is 15.0 Å². The molecule has 33 heavy (non-hydrogen) atoms. The molecule has 10 nitrogen and oxygen atoms in total. The van der Waals surface area contributed by atoms with E-state index in [1.807, 2.05) is 0 Å². The Morgan fingerprint density at radius 1 is 1.27 bits per heavy atom. The van der Waals surface area contributed by atoms with E-state index in [4.69, 9.17) is 13.9 Å². The van der Waals surface area contributed by atoms with Crippen LogP contribution < -0.4 is 20.3 Å². The fourth-order valence-electron chi connectivity index (χ4n) is 3.13. The van der Waals surface area contributed by atoms with Crippen molar-refractivity contribution in [3.63, 3.8) is 0 Å². The van der Waals surface area contributed by atoms with E-state index in [1.165, 1.54) is 32.2 Å². The van der Waals surface area contributed by atoms with Crippen LogP contribution in [0.15, 0.2) is 33.7 Å². The lowest BCUT2D eigenvalue weighted by atomic mass is 10.2. The number of benzene rings is 1. The number of nitrogens with one attached hydrogen (secondary N) is 1. The zero-order valence-corrected chi connectivity index (χ0v) is 18.0. The van der Waals surface area contributed by atoms with Crippen molar-refractivity contribution in [2.24, 2.45) is 0 Å². The van der Waals surface area contributed by atoms with Gasteiger partial charge in [-0.1, -0.05) is 6.07 Å². The van der Waals surface area contributed by atoms with Gasteiger partial charge in [-0.25, -0.2) is 9.78 Å². The summed E-state index contributed by atoms with van der Waals surface area (Å²) in [6.45, 7) is -0.0911. The molecule has 3 rings (SSSR count). The molecule has 2 heterocycles. The van der Waals surface area contributed by atoms with E-state index in [-0.39, 0.29) is 53.6 Å². The van der Waals surface area contributed by atoms with E-state index in [0.29, 0.717) is 5.56 Å². The molecule has 0 aliphatic heterocycles. The lowest BCUT2D eigenvalue weighted by molar-refractivity contribution is -0.121. The molecule has 0 aliphatic rings. The quantitative estimate of drug-likeness (QED) is 0.478. The number of fused-ring (bicyclic) bond motifs is 1. The number of rotatable bonds is 9. The number of hydrogen-bond acceptors (Lipinski definition) is 8. The zero-order chi connectivity index (χ0) is 24.1. The number of carbonyl (C=O) groups excluding carboxylic acids is 2. The second kappa shape index (κ2) is 10.1. The van der Waals surface area contributed by atoms with Crippen molar-refractivity contribution in [1.29, 1.82) is 0 Å². The fraction of sp³-hybridized carbons (Fsp3) is 0.333. The Hall–Kier alpha value is -3.96. The summed E-state index contributed by atoms with van der Waals surface area (Å²) < 4.78 is 45.6. The molecule has 0 aliphatic carbocycles. The molecule has 0 saturated heterocycles. The third-order valence-electron chi connectivity index (χ3n) is 4.58. The zero-order valence-electron chi connectivity index (χ0n) is 18.0. The molecule has 12 heteroatoms. The lowest BCUT2D eigenvalue weighted by Gasteiger charge is -2.12. The van der Waals surface area contributed by atoms with Crippen LogP contribution in [0.1, 0.15) is 28.6 Å². The smallest absolute Gasteiger partial charge is 0.387 e. The molecule has 0 atom stereocenters. The summed E-state index contributed by atoms with van der Waals surface area (Å²) in [4.78, 5) is 41.5. The summed E-state index contributed by atoms with van der Waals surface area (Å²) >= 11 is 0. The van der Waals surface area contributed by atoms with E-state index in [0.717, 1.165) is 10.9 Å². The van der Waals surface area contributed by atoms with Crippen molar-refractivity contribution in [1.82, 2.24) is 14.9 Å². The number of esters is 1. The first-order valence-corrected chi connectivity index (χ1v) is 9.79. The van der Waals surface area contributed by atoms with Gasteiger partial charge >= 0.3 is 12.6 Å². The Kier molecular flexibility index (Phi) is 7.26. The number of amides is 1. The number of hydrogen-bond donors (Lipinski definition) is 1. The van der Waals surface area contributed by atoms with Crippen molar-refractivity contribution >= 4 is 23.0 Å². The number of furan rings is 1. The van der Waals surface area contributed by atoms with Gasteiger partial charge in [0.25, 0.3) is 5.56 Å². The molecule has 0 fully saturated rings. The van der Waals surface area contributed by atoms with E-state index in [9.17, 15) is 23.2 Å². The second-order valence-electron chi connectivity index (χ2n) is 6.75. The third-order valence-corrected chi connectivity index (χ3v) is 4.58. The first kappa shape index (κ1) is 23.7. The van der Waals surface area contributed by atoms with Gasteiger partial charge in [-0.3, -0.25) is 14.2 Å². The summed E-state index contributed by atoms with van der Waals surface area (Å²) in [6, 6.07) is 4.23. The number of carbonyl (C=O) groups is 2. The van der Waals surface area contributed by atoms with Gasteiger partial charge in [-0.05, 0) is 31.5 Å². The predicted octanol–water partition coefficient (Wildman–Crippen LogP) is 2.40. The van der Waals surface area contributed by atoms with Crippen LogP contribution in [0.4, 0.5) is 8.78 Å². The molecular formula is C21H21F2N3O7. The van der Waals surface area contributed by atoms with Crippen molar-refractivity contribution in [3.8, 4) is 11.5 Å². The third kappa shape index (κ3) is 5.27. The Bertz CT molecular complexity index is 1240. The Balaban J connectivity index is 1.75. The van der Waals surface area contributed by atoms with Crippen molar-refractivity contribution in [3.05, 3.63) is 51.8 Å². The van der Waals surface area contributed by atoms with E-state index in [1.54, 1.807) is 6.92 Å². The van der Waals surface area contributed by atoms with Gasteiger partial charge in [0, 0.05) is 6.54 Å². The topological polar surface area (TPSA) is 122 Å². The number of alkyl halides is 2. The Morgan fingerprint density at radius 2 is 2.03 bits per heavy atom. The normalized spacial score (nSPS) is 11.0. The van der Waals surface area contributed by atoms with Crippen LogP contribution in [0.25, 0.3) is 11.1 Å². The Labute approximate surface area is 186 Å². The van der Waals surface area contributed by atoms with Gasteiger partial charge in [0.05, 0.1) is 13.7 Å². The fourth-order valence-corrected chi connectivity index (χ4v) is 3.13. The van der Waals surface area contributed by atoms with Crippen LogP contribution in [0.2, 0.25) is 0 Å². The van der Waals surface area contributed by atoms with Gasteiger partial charge in [0.2, 0.25) is 11.6 Å². The minimum absolute atomic E-state index is 0.0303. The maximum Gasteiger partial charge on any atom is 0.387 e. The lowest BCUT2D eigenvalue weighted by Crippen LogP contribution is -2.32. The number of halogens is 2. The van der Waals surface area contributed by atoms with Crippen molar-refractivity contribution in [2.75, 3.05) is 13.7 Å². The molecule has 0 unspecified atom stereocenters. The van der Waals surface area contributed by atoms with Crippen molar-refractivity contribution in [2.45, 2.75) is 33.5 Å². The van der Waals surface area contributed by atoms with Crippen LogP contribution in [0.3, 0.4) is 0 Å². The first-order valence-electron chi connectivity index (χ1n) is 9.79. The van der Waals surface area contributed by atoms with E-state index < -0.39 is 24.0 Å². The van der Waals surface area contributed by atoms with Crippen molar-refractivity contribution < 1.29 is 37.0 Å². The summed E-state index contributed by atoms with van der Waals surface area (Å²) in [6.07, 6.45) is 1.14. The standard InChI is InChI=1S/C21H21F2N3O7/c1-4-31-20(29)16-11(2)32-18-17(16)19(28)26(10-25-18)9-15(27)24-8-12-5-6-13(33-21(22)23)14(7-12)30-3/h5-7,10,21H,4,8-9H2,1-3H3,(H,24,27). The maximum atomic E-state index is 12.9. The molecule has 1 amide bonds. The average Bonchev–Trinajstić information content (AvgIpc) is 3.11. The molecule has 2 aromatic heterocycles. The van der Waals surface area contributed by atoms with Crippen LogP contribution in [0, 0.1) is 6.92 Å². The highest BCUT2D eigenvalue weighted by Crippen LogP contribution is 2.29.